The van der Waals surface area contributed by atoms with E-state index in [9.17, 15) is 9.59 Å². The van der Waals surface area contributed by atoms with E-state index in [1.54, 1.807) is 0 Å². The summed E-state index contributed by atoms with van der Waals surface area (Å²) in [4.78, 5) is 28.5. The summed E-state index contributed by atoms with van der Waals surface area (Å²) < 4.78 is 12.1. The number of aromatic nitrogens is 1. The van der Waals surface area contributed by atoms with Crippen LogP contribution in [0.1, 0.15) is 31.2 Å². The van der Waals surface area contributed by atoms with Crippen LogP contribution in [0.5, 0.6) is 0 Å². The topological polar surface area (TPSA) is 65.5 Å². The summed E-state index contributed by atoms with van der Waals surface area (Å²) in [5.74, 6) is -0.373. The number of carbonyl (C=O) groups is 2. The Bertz CT molecular complexity index is 807. The van der Waals surface area contributed by atoms with Crippen LogP contribution >= 0.6 is 11.3 Å². The number of hydrogen-bond donors (Lipinski definition) is 0. The molecule has 0 saturated heterocycles. The van der Waals surface area contributed by atoms with Crippen LogP contribution in [0.4, 0.5) is 0 Å². The summed E-state index contributed by atoms with van der Waals surface area (Å²) >= 11 is 1.51. The van der Waals surface area contributed by atoms with Gasteiger partial charge in [0.1, 0.15) is 17.2 Å². The fourth-order valence-electron chi connectivity index (χ4n) is 3.44. The van der Waals surface area contributed by atoms with Gasteiger partial charge in [0.15, 0.2) is 5.78 Å². The van der Waals surface area contributed by atoms with E-state index < -0.39 is 0 Å². The summed E-state index contributed by atoms with van der Waals surface area (Å²) in [6.07, 6.45) is 3.10. The minimum Gasteiger partial charge on any atom is -0.496 e. The molecule has 1 aliphatic carbocycles. The van der Waals surface area contributed by atoms with E-state index in [0.717, 1.165) is 10.2 Å². The number of ether oxygens (including phenoxy) is 2. The third-order valence-electron chi connectivity index (χ3n) is 4.56. The highest BCUT2D eigenvalue weighted by Crippen LogP contribution is 2.38. The van der Waals surface area contributed by atoms with E-state index in [1.807, 2.05) is 24.3 Å². The lowest BCUT2D eigenvalue weighted by atomic mass is 9.79. The number of allylic oxidation sites excluding steroid dienone is 1. The molecule has 124 valence electrons. The van der Waals surface area contributed by atoms with Gasteiger partial charge in [-0.2, -0.15) is 0 Å². The van der Waals surface area contributed by atoms with Gasteiger partial charge in [-0.25, -0.2) is 4.98 Å². The maximum atomic E-state index is 12.9. The maximum Gasteiger partial charge on any atom is 0.302 e. The van der Waals surface area contributed by atoms with Gasteiger partial charge < -0.3 is 9.47 Å². The molecular weight excluding hydrogens is 326 g/mol. The van der Waals surface area contributed by atoms with Gasteiger partial charge in [0.2, 0.25) is 0 Å². The second-order valence-electron chi connectivity index (χ2n) is 6.21. The van der Waals surface area contributed by atoms with Crippen LogP contribution in [0.15, 0.2) is 30.5 Å². The maximum absolute atomic E-state index is 12.9. The van der Waals surface area contributed by atoms with Gasteiger partial charge in [-0.15, -0.1) is 11.3 Å². The number of fused-ring (bicyclic) bond motifs is 2. The van der Waals surface area contributed by atoms with E-state index in [-0.39, 0.29) is 29.9 Å². The van der Waals surface area contributed by atoms with Crippen molar-refractivity contribution in [3.63, 3.8) is 0 Å². The van der Waals surface area contributed by atoms with Crippen LogP contribution in [0, 0.1) is 5.92 Å². The Kier molecular flexibility index (Phi) is 3.84. The van der Waals surface area contributed by atoms with Gasteiger partial charge in [0.05, 0.1) is 28.0 Å². The summed E-state index contributed by atoms with van der Waals surface area (Å²) in [5.41, 5.74) is 1.45. The molecule has 0 radical (unpaired) electrons. The van der Waals surface area contributed by atoms with Gasteiger partial charge in [-0.05, 0) is 25.0 Å². The van der Waals surface area contributed by atoms with Crippen molar-refractivity contribution in [2.24, 2.45) is 5.92 Å². The number of Topliss-reactive ketones (excluding diaryl/α,β-unsaturated/α-hetero) is 1. The number of carbonyl (C=O) groups excluding carboxylic acids is 2. The zero-order chi connectivity index (χ0) is 16.7. The van der Waals surface area contributed by atoms with Crippen molar-refractivity contribution in [3.05, 3.63) is 35.5 Å². The second kappa shape index (κ2) is 6.02. The van der Waals surface area contributed by atoms with Crippen LogP contribution in [-0.2, 0) is 19.1 Å². The fraction of sp³-hybridized carbons (Fsp3) is 0.389. The highest BCUT2D eigenvalue weighted by atomic mass is 32.1. The smallest absolute Gasteiger partial charge is 0.302 e. The summed E-state index contributed by atoms with van der Waals surface area (Å²) in [6.45, 7) is 1.41. The molecule has 1 aromatic heterocycles. The van der Waals surface area contributed by atoms with Crippen molar-refractivity contribution in [2.75, 3.05) is 0 Å². The molecule has 0 spiro atoms. The third-order valence-corrected chi connectivity index (χ3v) is 5.63. The quantitative estimate of drug-likeness (QED) is 0.783. The van der Waals surface area contributed by atoms with Crippen LogP contribution in [0.25, 0.3) is 15.8 Å². The van der Waals surface area contributed by atoms with Gasteiger partial charge in [-0.3, -0.25) is 9.59 Å². The number of ketones is 1. The summed E-state index contributed by atoms with van der Waals surface area (Å²) in [7, 11) is 0. The lowest BCUT2D eigenvalue weighted by Gasteiger charge is -2.36. The van der Waals surface area contributed by atoms with Crippen molar-refractivity contribution in [1.82, 2.24) is 4.98 Å². The minimum absolute atomic E-state index is 0.0894. The molecule has 4 rings (SSSR count). The molecule has 1 saturated carbocycles. The first-order valence-corrected chi connectivity index (χ1v) is 8.86. The zero-order valence-electron chi connectivity index (χ0n) is 13.2. The summed E-state index contributed by atoms with van der Waals surface area (Å²) in [5, 5.41) is 0.710. The number of nitrogens with zero attached hydrogens (tertiary/aromatic N) is 1. The van der Waals surface area contributed by atoms with Crippen molar-refractivity contribution >= 4 is 38.9 Å². The summed E-state index contributed by atoms with van der Waals surface area (Å²) in [6, 6.07) is 7.84. The molecule has 1 aliphatic heterocycles. The zero-order valence-corrected chi connectivity index (χ0v) is 14.0. The first-order chi connectivity index (χ1) is 11.6. The third kappa shape index (κ3) is 2.71. The van der Waals surface area contributed by atoms with E-state index in [0.29, 0.717) is 29.8 Å². The molecule has 1 fully saturated rings. The SMILES string of the molecule is CC(=O)OC1CCC2C(=O)C(c3nc4ccccc4s3)=COC2C1. The van der Waals surface area contributed by atoms with Crippen molar-refractivity contribution in [1.29, 1.82) is 0 Å². The van der Waals surface area contributed by atoms with Crippen LogP contribution < -0.4 is 0 Å². The van der Waals surface area contributed by atoms with E-state index in [2.05, 4.69) is 4.98 Å². The number of rotatable bonds is 2. The van der Waals surface area contributed by atoms with Gasteiger partial charge in [0.25, 0.3) is 0 Å². The minimum atomic E-state index is -0.286. The Morgan fingerprint density at radius 2 is 2.17 bits per heavy atom. The lowest BCUT2D eigenvalue weighted by Crippen LogP contribution is -2.41. The molecule has 3 unspecified atom stereocenters. The number of hydrogen-bond acceptors (Lipinski definition) is 6. The number of benzene rings is 1. The first-order valence-electron chi connectivity index (χ1n) is 8.05. The molecule has 1 aromatic carbocycles. The number of para-hydroxylation sites is 1. The highest BCUT2D eigenvalue weighted by Gasteiger charge is 2.41. The predicted octanol–water partition coefficient (Wildman–Crippen LogP) is 3.34. The number of esters is 1. The average molecular weight is 343 g/mol. The average Bonchev–Trinajstić information content (AvgIpc) is 2.98. The van der Waals surface area contributed by atoms with Crippen LogP contribution in [0.3, 0.4) is 0 Å². The highest BCUT2D eigenvalue weighted by molar-refractivity contribution is 7.19. The Balaban J connectivity index is 1.58. The predicted molar refractivity (Wildman–Crippen MR) is 90.4 cm³/mol. The van der Waals surface area contributed by atoms with E-state index >= 15 is 0 Å². The number of thiazole rings is 1. The van der Waals surface area contributed by atoms with Crippen molar-refractivity contribution < 1.29 is 19.1 Å². The largest absolute Gasteiger partial charge is 0.496 e. The van der Waals surface area contributed by atoms with Crippen LogP contribution in [-0.4, -0.2) is 28.9 Å². The Hall–Kier alpha value is -2.21. The standard InChI is InChI=1S/C18H17NO4S/c1-10(20)23-11-6-7-12-15(8-11)22-9-13(17(12)21)18-19-14-4-2-3-5-16(14)24-18/h2-5,9,11-12,15H,6-8H2,1H3. The van der Waals surface area contributed by atoms with Gasteiger partial charge in [0, 0.05) is 13.3 Å². The fourth-order valence-corrected chi connectivity index (χ4v) is 4.42. The molecule has 2 aromatic rings. The first kappa shape index (κ1) is 15.3. The Morgan fingerprint density at radius 1 is 1.33 bits per heavy atom. The Morgan fingerprint density at radius 3 is 2.96 bits per heavy atom. The Labute approximate surface area is 143 Å². The molecule has 0 N–H and O–H groups in total. The van der Waals surface area contributed by atoms with Gasteiger partial charge in [-0.1, -0.05) is 12.1 Å². The molecule has 6 heteroatoms. The van der Waals surface area contributed by atoms with Crippen LogP contribution in [0.2, 0.25) is 0 Å². The molecule has 2 heterocycles. The van der Waals surface area contributed by atoms with Gasteiger partial charge >= 0.3 is 5.97 Å². The van der Waals surface area contributed by atoms with E-state index in [1.165, 1.54) is 24.5 Å². The molecule has 2 aliphatic rings. The molecular formula is C18H17NO4S. The van der Waals surface area contributed by atoms with Crippen molar-refractivity contribution in [3.8, 4) is 0 Å². The molecule has 24 heavy (non-hydrogen) atoms. The molecule has 0 amide bonds. The lowest BCUT2D eigenvalue weighted by molar-refractivity contribution is -0.151. The second-order valence-corrected chi connectivity index (χ2v) is 7.24. The normalized spacial score (nSPS) is 26.5. The van der Waals surface area contributed by atoms with E-state index in [4.69, 9.17) is 9.47 Å². The molecule has 0 bridgehead atoms. The molecule has 3 atom stereocenters. The monoisotopic (exact) mass is 343 g/mol. The van der Waals surface area contributed by atoms with Crippen molar-refractivity contribution in [2.45, 2.75) is 38.4 Å². The molecule has 5 nitrogen and oxygen atoms in total.